The minimum absolute atomic E-state index is 0. The molecule has 0 spiro atoms. The number of aromatic nitrogens is 2. The van der Waals surface area contributed by atoms with E-state index in [2.05, 4.69) is 15.4 Å². The van der Waals surface area contributed by atoms with Gasteiger partial charge < -0.3 is 10.2 Å². The summed E-state index contributed by atoms with van der Waals surface area (Å²) in [6.45, 7) is 1.29. The minimum Gasteiger partial charge on any atom is -0.356 e. The topological polar surface area (TPSA) is 79.6 Å². The molecule has 9 heteroatoms. The van der Waals surface area contributed by atoms with Crippen LogP contribution in [0.25, 0.3) is 5.69 Å². The van der Waals surface area contributed by atoms with E-state index in [1.54, 1.807) is 7.05 Å². The van der Waals surface area contributed by atoms with Gasteiger partial charge in [-0.2, -0.15) is 5.10 Å². The van der Waals surface area contributed by atoms with E-state index in [-0.39, 0.29) is 35.6 Å². The Balaban J connectivity index is 0.00000261. The van der Waals surface area contributed by atoms with Gasteiger partial charge in [-0.25, -0.2) is 13.1 Å². The summed E-state index contributed by atoms with van der Waals surface area (Å²) in [4.78, 5) is 6.31. The summed E-state index contributed by atoms with van der Waals surface area (Å²) >= 11 is 0. The van der Waals surface area contributed by atoms with Gasteiger partial charge in [0.05, 0.1) is 23.4 Å². The van der Waals surface area contributed by atoms with Gasteiger partial charge in [0.2, 0.25) is 0 Å². The van der Waals surface area contributed by atoms with Crippen LogP contribution in [0.15, 0.2) is 47.7 Å². The number of benzene rings is 1. The Labute approximate surface area is 177 Å². The standard InChI is InChI=1S/C18H25N5O2S.HI/c1-19-18(20-10-15-8-9-26(24,25)14-15)22(2)12-16-11-21-23(13-16)17-6-4-3-5-7-17;/h3-7,11,13,15H,8-10,12,14H2,1-2H3,(H,19,20);1H. The van der Waals surface area contributed by atoms with Gasteiger partial charge in [0, 0.05) is 38.9 Å². The average molecular weight is 503 g/mol. The Kier molecular flexibility index (Phi) is 7.66. The number of rotatable bonds is 5. The van der Waals surface area contributed by atoms with E-state index < -0.39 is 9.84 Å². The van der Waals surface area contributed by atoms with Gasteiger partial charge in [0.25, 0.3) is 0 Å². The second kappa shape index (κ2) is 9.54. The Morgan fingerprint density at radius 3 is 2.74 bits per heavy atom. The Hall–Kier alpha value is -1.62. The van der Waals surface area contributed by atoms with Crippen LogP contribution in [0.4, 0.5) is 0 Å². The third kappa shape index (κ3) is 5.93. The highest BCUT2D eigenvalue weighted by Crippen LogP contribution is 2.17. The summed E-state index contributed by atoms with van der Waals surface area (Å²) in [5, 5.41) is 7.70. The number of halogens is 1. The van der Waals surface area contributed by atoms with Crippen molar-refractivity contribution in [1.29, 1.82) is 0 Å². The molecule has 2 heterocycles. The number of hydrogen-bond acceptors (Lipinski definition) is 4. The van der Waals surface area contributed by atoms with Gasteiger partial charge in [-0.05, 0) is 24.5 Å². The smallest absolute Gasteiger partial charge is 0.193 e. The fraction of sp³-hybridized carbons (Fsp3) is 0.444. The van der Waals surface area contributed by atoms with Crippen LogP contribution in [-0.2, 0) is 16.4 Å². The molecule has 148 valence electrons. The molecular weight excluding hydrogens is 477 g/mol. The van der Waals surface area contributed by atoms with Crippen molar-refractivity contribution in [3.63, 3.8) is 0 Å². The van der Waals surface area contributed by atoms with Crippen LogP contribution in [0, 0.1) is 5.92 Å². The molecule has 0 aliphatic carbocycles. The predicted molar refractivity (Wildman–Crippen MR) is 119 cm³/mol. The summed E-state index contributed by atoms with van der Waals surface area (Å²) in [7, 11) is 0.846. The maximum atomic E-state index is 11.6. The molecule has 27 heavy (non-hydrogen) atoms. The fourth-order valence-corrected chi connectivity index (χ4v) is 5.03. The van der Waals surface area contributed by atoms with E-state index in [0.717, 1.165) is 23.6 Å². The van der Waals surface area contributed by atoms with Gasteiger partial charge in [-0.3, -0.25) is 4.99 Å². The highest BCUT2D eigenvalue weighted by atomic mass is 127. The van der Waals surface area contributed by atoms with Crippen LogP contribution in [0.5, 0.6) is 0 Å². The van der Waals surface area contributed by atoms with E-state index in [4.69, 9.17) is 0 Å². The normalized spacial score (nSPS) is 18.7. The van der Waals surface area contributed by atoms with Crippen molar-refractivity contribution < 1.29 is 8.42 Å². The quantitative estimate of drug-likeness (QED) is 0.384. The van der Waals surface area contributed by atoms with E-state index in [1.165, 1.54) is 0 Å². The molecule has 3 rings (SSSR count). The number of para-hydroxylation sites is 1. The summed E-state index contributed by atoms with van der Waals surface area (Å²) in [5.74, 6) is 1.48. The first-order chi connectivity index (χ1) is 12.5. The van der Waals surface area contributed by atoms with Crippen molar-refractivity contribution in [3.8, 4) is 5.69 Å². The number of guanidine groups is 1. The van der Waals surface area contributed by atoms with Crippen LogP contribution < -0.4 is 5.32 Å². The zero-order valence-electron chi connectivity index (χ0n) is 15.6. The molecule has 1 aliphatic heterocycles. The van der Waals surface area contributed by atoms with E-state index in [9.17, 15) is 8.42 Å². The molecule has 2 aromatic rings. The highest BCUT2D eigenvalue weighted by Gasteiger charge is 2.27. The van der Waals surface area contributed by atoms with Crippen molar-refractivity contribution >= 4 is 39.8 Å². The van der Waals surface area contributed by atoms with Crippen molar-refractivity contribution in [3.05, 3.63) is 48.3 Å². The molecule has 0 bridgehead atoms. The fourth-order valence-electron chi connectivity index (χ4n) is 3.17. The van der Waals surface area contributed by atoms with Crippen molar-refractivity contribution in [2.24, 2.45) is 10.9 Å². The summed E-state index contributed by atoms with van der Waals surface area (Å²) in [6, 6.07) is 9.97. The molecule has 7 nitrogen and oxygen atoms in total. The third-order valence-electron chi connectivity index (χ3n) is 4.53. The van der Waals surface area contributed by atoms with Crippen LogP contribution in [0.1, 0.15) is 12.0 Å². The van der Waals surface area contributed by atoms with Gasteiger partial charge in [0.1, 0.15) is 0 Å². The van der Waals surface area contributed by atoms with Crippen molar-refractivity contribution in [2.45, 2.75) is 13.0 Å². The SMILES string of the molecule is CN=C(NCC1CCS(=O)(=O)C1)N(C)Cc1cnn(-c2ccccc2)c1.I. The molecule has 1 saturated heterocycles. The minimum atomic E-state index is -2.85. The van der Waals surface area contributed by atoms with E-state index in [1.807, 2.05) is 59.4 Å². The number of nitrogens with zero attached hydrogens (tertiary/aromatic N) is 4. The summed E-state index contributed by atoms with van der Waals surface area (Å²) in [6.07, 6.45) is 4.57. The lowest BCUT2D eigenvalue weighted by Gasteiger charge is -2.22. The second-order valence-electron chi connectivity index (χ2n) is 6.68. The van der Waals surface area contributed by atoms with Crippen molar-refractivity contribution in [2.75, 3.05) is 32.1 Å². The maximum Gasteiger partial charge on any atom is 0.193 e. The lowest BCUT2D eigenvalue weighted by Crippen LogP contribution is -2.40. The number of aliphatic imine (C=N–C) groups is 1. The Morgan fingerprint density at radius 1 is 1.37 bits per heavy atom. The zero-order chi connectivity index (χ0) is 18.6. The molecule has 0 radical (unpaired) electrons. The van der Waals surface area contributed by atoms with Crippen LogP contribution in [0.2, 0.25) is 0 Å². The van der Waals surface area contributed by atoms with Gasteiger partial charge in [-0.1, -0.05) is 18.2 Å². The van der Waals surface area contributed by atoms with Gasteiger partial charge in [0.15, 0.2) is 15.8 Å². The number of sulfone groups is 1. The molecule has 1 aromatic carbocycles. The van der Waals surface area contributed by atoms with E-state index >= 15 is 0 Å². The first-order valence-electron chi connectivity index (χ1n) is 8.68. The molecule has 1 N–H and O–H groups in total. The monoisotopic (exact) mass is 503 g/mol. The van der Waals surface area contributed by atoms with Crippen LogP contribution in [0.3, 0.4) is 0 Å². The molecule has 1 fully saturated rings. The lowest BCUT2D eigenvalue weighted by atomic mass is 10.1. The number of hydrogen-bond donors (Lipinski definition) is 1. The summed E-state index contributed by atoms with van der Waals surface area (Å²) < 4.78 is 25.0. The first-order valence-corrected chi connectivity index (χ1v) is 10.5. The Bertz CT molecular complexity index is 867. The van der Waals surface area contributed by atoms with Crippen LogP contribution >= 0.6 is 24.0 Å². The average Bonchev–Trinajstić information content (AvgIpc) is 3.22. The second-order valence-corrected chi connectivity index (χ2v) is 8.91. The molecule has 0 amide bonds. The summed E-state index contributed by atoms with van der Waals surface area (Å²) in [5.41, 5.74) is 2.09. The highest BCUT2D eigenvalue weighted by molar-refractivity contribution is 14.0. The van der Waals surface area contributed by atoms with Gasteiger partial charge >= 0.3 is 0 Å². The maximum absolute atomic E-state index is 11.6. The number of nitrogens with one attached hydrogen (secondary N) is 1. The molecule has 1 aliphatic rings. The van der Waals surface area contributed by atoms with Crippen LogP contribution in [-0.4, -0.2) is 61.2 Å². The molecule has 0 saturated carbocycles. The molecular formula is C18H26IN5O2S. The largest absolute Gasteiger partial charge is 0.356 e. The lowest BCUT2D eigenvalue weighted by molar-refractivity contribution is 0.463. The predicted octanol–water partition coefficient (Wildman–Crippen LogP) is 1.93. The van der Waals surface area contributed by atoms with Crippen molar-refractivity contribution in [1.82, 2.24) is 20.0 Å². The Morgan fingerprint density at radius 2 is 2.11 bits per heavy atom. The molecule has 1 aromatic heterocycles. The third-order valence-corrected chi connectivity index (χ3v) is 6.36. The van der Waals surface area contributed by atoms with E-state index in [0.29, 0.717) is 18.8 Å². The van der Waals surface area contributed by atoms with Gasteiger partial charge in [-0.15, -0.1) is 24.0 Å². The molecule has 1 atom stereocenters. The zero-order valence-corrected chi connectivity index (χ0v) is 18.7. The first kappa shape index (κ1) is 21.7. The molecule has 1 unspecified atom stereocenters.